The van der Waals surface area contributed by atoms with Crippen molar-refractivity contribution >= 4 is 11.6 Å². The van der Waals surface area contributed by atoms with Crippen LogP contribution in [0.25, 0.3) is 0 Å². The summed E-state index contributed by atoms with van der Waals surface area (Å²) in [4.78, 5) is 0. The average Bonchev–Trinajstić information content (AvgIpc) is 2.25. The quantitative estimate of drug-likeness (QED) is 0.740. The first kappa shape index (κ1) is 12.1. The third-order valence-corrected chi connectivity index (χ3v) is 3.10. The first-order valence-corrected chi connectivity index (χ1v) is 5.75. The van der Waals surface area contributed by atoms with Crippen molar-refractivity contribution in [3.8, 4) is 6.07 Å². The molecule has 80 valence electrons. The fourth-order valence-corrected chi connectivity index (χ4v) is 2.11. The molecule has 1 atom stereocenters. The van der Waals surface area contributed by atoms with E-state index in [-0.39, 0.29) is 5.92 Å². The van der Waals surface area contributed by atoms with E-state index in [1.165, 1.54) is 0 Å². The fourth-order valence-electron chi connectivity index (χ4n) is 1.91. The van der Waals surface area contributed by atoms with Crippen LogP contribution in [0.15, 0.2) is 24.3 Å². The van der Waals surface area contributed by atoms with Crippen LogP contribution < -0.4 is 0 Å². The summed E-state index contributed by atoms with van der Waals surface area (Å²) < 4.78 is 0. The van der Waals surface area contributed by atoms with Crippen molar-refractivity contribution in [2.45, 2.75) is 32.6 Å². The second-order valence-electron chi connectivity index (χ2n) is 3.74. The molecule has 0 saturated heterocycles. The monoisotopic (exact) mass is 221 g/mol. The van der Waals surface area contributed by atoms with Crippen molar-refractivity contribution in [1.29, 1.82) is 5.26 Å². The summed E-state index contributed by atoms with van der Waals surface area (Å²) in [5.74, 6) is 0.396. The summed E-state index contributed by atoms with van der Waals surface area (Å²) in [7, 11) is 0. The topological polar surface area (TPSA) is 23.8 Å². The molecule has 1 unspecified atom stereocenters. The zero-order chi connectivity index (χ0) is 11.3. The average molecular weight is 222 g/mol. The molecule has 1 rings (SSSR count). The van der Waals surface area contributed by atoms with Crippen molar-refractivity contribution in [2.75, 3.05) is 0 Å². The van der Waals surface area contributed by atoms with Crippen LogP contribution >= 0.6 is 11.6 Å². The van der Waals surface area contributed by atoms with Gasteiger partial charge in [0.25, 0.3) is 0 Å². The minimum atomic E-state index is -0.0290. The first-order valence-electron chi connectivity index (χ1n) is 5.38. The Hall–Kier alpha value is -1.00. The number of hydrogen-bond acceptors (Lipinski definition) is 1. The van der Waals surface area contributed by atoms with Gasteiger partial charge in [0.2, 0.25) is 0 Å². The van der Waals surface area contributed by atoms with Crippen LogP contribution in [0.3, 0.4) is 0 Å². The van der Waals surface area contributed by atoms with Gasteiger partial charge in [0.05, 0.1) is 12.0 Å². The molecule has 1 nitrogen and oxygen atoms in total. The second-order valence-corrected chi connectivity index (χ2v) is 4.17. The smallest absolute Gasteiger partial charge is 0.0741 e. The number of benzene rings is 1. The van der Waals surface area contributed by atoms with Gasteiger partial charge in [0, 0.05) is 5.02 Å². The molecule has 0 aliphatic rings. The van der Waals surface area contributed by atoms with Gasteiger partial charge in [-0.05, 0) is 23.6 Å². The minimum absolute atomic E-state index is 0.0290. The Labute approximate surface area is 96.7 Å². The maximum atomic E-state index is 9.21. The molecule has 1 aromatic rings. The minimum Gasteiger partial charge on any atom is -0.198 e. The predicted octanol–water partition coefficient (Wildman–Crippen LogP) is 4.38. The van der Waals surface area contributed by atoms with Gasteiger partial charge < -0.3 is 0 Å². The highest BCUT2D eigenvalue weighted by Gasteiger charge is 2.19. The van der Waals surface area contributed by atoms with Gasteiger partial charge in [-0.15, -0.1) is 0 Å². The lowest BCUT2D eigenvalue weighted by Crippen LogP contribution is -2.09. The Morgan fingerprint density at radius 2 is 2.00 bits per heavy atom. The van der Waals surface area contributed by atoms with Gasteiger partial charge in [-0.1, -0.05) is 50.4 Å². The van der Waals surface area contributed by atoms with E-state index in [1.54, 1.807) is 0 Å². The maximum absolute atomic E-state index is 9.21. The highest BCUT2D eigenvalue weighted by molar-refractivity contribution is 6.30. The molecule has 0 fully saturated rings. The number of hydrogen-bond donors (Lipinski definition) is 0. The molecular formula is C13H16ClN. The molecule has 0 bridgehead atoms. The van der Waals surface area contributed by atoms with Gasteiger partial charge in [0.15, 0.2) is 0 Å². The van der Waals surface area contributed by atoms with Gasteiger partial charge in [-0.2, -0.15) is 5.26 Å². The van der Waals surface area contributed by atoms with Crippen molar-refractivity contribution in [3.05, 3.63) is 34.9 Å². The Morgan fingerprint density at radius 1 is 1.33 bits per heavy atom. The molecule has 15 heavy (non-hydrogen) atoms. The standard InChI is InChI=1S/C13H16ClN/c1-3-10(4-2)13(9-15)11-6-5-7-12(14)8-11/h5-8,10,13H,3-4H2,1-2H3. The van der Waals surface area contributed by atoms with Crippen molar-refractivity contribution in [2.24, 2.45) is 5.92 Å². The number of halogens is 1. The largest absolute Gasteiger partial charge is 0.198 e. The summed E-state index contributed by atoms with van der Waals surface area (Å²) in [5, 5.41) is 9.92. The third kappa shape index (κ3) is 2.97. The third-order valence-electron chi connectivity index (χ3n) is 2.87. The predicted molar refractivity (Wildman–Crippen MR) is 63.9 cm³/mol. The van der Waals surface area contributed by atoms with E-state index < -0.39 is 0 Å². The molecule has 0 aliphatic heterocycles. The van der Waals surface area contributed by atoms with Crippen LogP contribution in [0.1, 0.15) is 38.2 Å². The first-order chi connectivity index (χ1) is 7.22. The van der Waals surface area contributed by atoms with E-state index >= 15 is 0 Å². The Bertz CT molecular complexity index is 350. The summed E-state index contributed by atoms with van der Waals surface area (Å²) in [6, 6.07) is 10.0. The fraction of sp³-hybridized carbons (Fsp3) is 0.462. The van der Waals surface area contributed by atoms with E-state index in [0.29, 0.717) is 10.9 Å². The molecule has 0 heterocycles. The molecule has 1 aromatic carbocycles. The Kier molecular flexibility index (Phi) is 4.65. The van der Waals surface area contributed by atoms with Gasteiger partial charge in [0.1, 0.15) is 0 Å². The molecule has 0 saturated carbocycles. The van der Waals surface area contributed by atoms with Crippen LogP contribution in [-0.2, 0) is 0 Å². The van der Waals surface area contributed by atoms with Crippen LogP contribution in [0.2, 0.25) is 5.02 Å². The van der Waals surface area contributed by atoms with Crippen LogP contribution in [-0.4, -0.2) is 0 Å². The van der Waals surface area contributed by atoms with Crippen LogP contribution in [0.5, 0.6) is 0 Å². The molecule has 0 radical (unpaired) electrons. The lowest BCUT2D eigenvalue weighted by Gasteiger charge is -2.19. The Morgan fingerprint density at radius 3 is 2.47 bits per heavy atom. The van der Waals surface area contributed by atoms with E-state index in [9.17, 15) is 5.26 Å². The molecular weight excluding hydrogens is 206 g/mol. The number of rotatable bonds is 4. The Balaban J connectivity index is 2.97. The number of nitriles is 1. The molecule has 0 amide bonds. The van der Waals surface area contributed by atoms with Gasteiger partial charge in [-0.3, -0.25) is 0 Å². The molecule has 0 aromatic heterocycles. The van der Waals surface area contributed by atoms with Crippen LogP contribution in [0.4, 0.5) is 0 Å². The highest BCUT2D eigenvalue weighted by atomic mass is 35.5. The molecule has 2 heteroatoms. The molecule has 0 aliphatic carbocycles. The maximum Gasteiger partial charge on any atom is 0.0741 e. The molecule has 0 spiro atoms. The summed E-state index contributed by atoms with van der Waals surface area (Å²) in [6.07, 6.45) is 2.06. The summed E-state index contributed by atoms with van der Waals surface area (Å²) in [6.45, 7) is 4.26. The SMILES string of the molecule is CCC(CC)C(C#N)c1cccc(Cl)c1. The second kappa shape index (κ2) is 5.78. The van der Waals surface area contributed by atoms with Crippen molar-refractivity contribution in [1.82, 2.24) is 0 Å². The lowest BCUT2D eigenvalue weighted by molar-refractivity contribution is 0.453. The normalized spacial score (nSPS) is 12.5. The summed E-state index contributed by atoms with van der Waals surface area (Å²) in [5.41, 5.74) is 1.04. The summed E-state index contributed by atoms with van der Waals surface area (Å²) >= 11 is 5.93. The van der Waals surface area contributed by atoms with E-state index in [1.807, 2.05) is 24.3 Å². The van der Waals surface area contributed by atoms with Crippen molar-refractivity contribution in [3.63, 3.8) is 0 Å². The highest BCUT2D eigenvalue weighted by Crippen LogP contribution is 2.30. The number of nitrogens with zero attached hydrogens (tertiary/aromatic N) is 1. The van der Waals surface area contributed by atoms with Crippen LogP contribution in [0, 0.1) is 17.2 Å². The van der Waals surface area contributed by atoms with Gasteiger partial charge >= 0.3 is 0 Å². The van der Waals surface area contributed by atoms with Crippen molar-refractivity contribution < 1.29 is 0 Å². The zero-order valence-corrected chi connectivity index (χ0v) is 9.96. The van der Waals surface area contributed by atoms with E-state index in [0.717, 1.165) is 18.4 Å². The zero-order valence-electron chi connectivity index (χ0n) is 9.20. The van der Waals surface area contributed by atoms with E-state index in [2.05, 4.69) is 19.9 Å². The van der Waals surface area contributed by atoms with E-state index in [4.69, 9.17) is 11.6 Å². The lowest BCUT2D eigenvalue weighted by atomic mass is 9.84. The molecule has 0 N–H and O–H groups in total. The van der Waals surface area contributed by atoms with Gasteiger partial charge in [-0.25, -0.2) is 0 Å².